The van der Waals surface area contributed by atoms with Crippen LogP contribution in [0.3, 0.4) is 0 Å². The third kappa shape index (κ3) is 2.60. The maximum atomic E-state index is 12.2. The topological polar surface area (TPSA) is 72.2 Å². The Bertz CT molecular complexity index is 788. The van der Waals surface area contributed by atoms with Crippen LogP contribution >= 0.6 is 0 Å². The van der Waals surface area contributed by atoms with Crippen molar-refractivity contribution in [3.05, 3.63) is 59.7 Å². The number of nitrogens with zero attached hydrogens (tertiary/aromatic N) is 4. The van der Waals surface area contributed by atoms with Crippen LogP contribution < -0.4 is 5.32 Å². The molecule has 0 aliphatic heterocycles. The predicted octanol–water partition coefficient (Wildman–Crippen LogP) is 1.67. The van der Waals surface area contributed by atoms with Crippen molar-refractivity contribution in [2.75, 3.05) is 0 Å². The molecular weight excluding hydrogens is 266 g/mol. The molecule has 3 heterocycles. The summed E-state index contributed by atoms with van der Waals surface area (Å²) in [7, 11) is 0. The molecule has 21 heavy (non-hydrogen) atoms. The lowest BCUT2D eigenvalue weighted by molar-refractivity contribution is 0.0951. The Morgan fingerprint density at radius 3 is 2.81 bits per heavy atom. The molecule has 106 valence electrons. The first-order valence-corrected chi connectivity index (χ1v) is 6.62. The fraction of sp³-hybridized carbons (Fsp3) is 0.200. The van der Waals surface area contributed by atoms with Crippen LogP contribution in [0, 0.1) is 13.8 Å². The van der Waals surface area contributed by atoms with E-state index in [1.807, 2.05) is 30.5 Å². The SMILES string of the molecule is Cc1ncnc(C)c1CNC(=O)c1ccn2cncc2c1. The van der Waals surface area contributed by atoms with E-state index < -0.39 is 0 Å². The molecule has 0 saturated carbocycles. The summed E-state index contributed by atoms with van der Waals surface area (Å²) in [4.78, 5) is 24.6. The minimum Gasteiger partial charge on any atom is -0.348 e. The van der Waals surface area contributed by atoms with E-state index in [-0.39, 0.29) is 5.91 Å². The first-order valence-electron chi connectivity index (χ1n) is 6.62. The van der Waals surface area contributed by atoms with Gasteiger partial charge in [-0.3, -0.25) is 4.79 Å². The molecule has 0 unspecified atom stereocenters. The smallest absolute Gasteiger partial charge is 0.251 e. The van der Waals surface area contributed by atoms with Gasteiger partial charge in [0.2, 0.25) is 0 Å². The Morgan fingerprint density at radius 2 is 2.05 bits per heavy atom. The van der Waals surface area contributed by atoms with Crippen molar-refractivity contribution < 1.29 is 4.79 Å². The number of aromatic nitrogens is 4. The van der Waals surface area contributed by atoms with E-state index in [0.29, 0.717) is 12.1 Å². The van der Waals surface area contributed by atoms with E-state index in [4.69, 9.17) is 0 Å². The lowest BCUT2D eigenvalue weighted by Gasteiger charge is -2.09. The van der Waals surface area contributed by atoms with Crippen LogP contribution in [0.5, 0.6) is 0 Å². The Morgan fingerprint density at radius 1 is 1.29 bits per heavy atom. The molecule has 0 aliphatic rings. The van der Waals surface area contributed by atoms with Crippen molar-refractivity contribution in [3.63, 3.8) is 0 Å². The zero-order valence-corrected chi connectivity index (χ0v) is 11.9. The minimum absolute atomic E-state index is 0.124. The highest BCUT2D eigenvalue weighted by Crippen LogP contribution is 2.09. The molecule has 1 N–H and O–H groups in total. The highest BCUT2D eigenvalue weighted by molar-refractivity contribution is 5.95. The molecule has 0 aromatic carbocycles. The van der Waals surface area contributed by atoms with Gasteiger partial charge < -0.3 is 9.72 Å². The standard InChI is InChI=1S/C15H15N5O/c1-10-14(11(2)19-8-18-10)7-17-15(21)12-3-4-20-9-16-6-13(20)5-12/h3-6,8-9H,7H2,1-2H3,(H,17,21). The number of pyridine rings is 1. The third-order valence-corrected chi connectivity index (χ3v) is 3.48. The summed E-state index contributed by atoms with van der Waals surface area (Å²) in [6, 6.07) is 3.58. The number of amides is 1. The summed E-state index contributed by atoms with van der Waals surface area (Å²) in [6.07, 6.45) is 6.77. The zero-order chi connectivity index (χ0) is 14.8. The molecule has 6 nitrogen and oxygen atoms in total. The summed E-state index contributed by atoms with van der Waals surface area (Å²) in [5, 5.41) is 2.91. The van der Waals surface area contributed by atoms with Gasteiger partial charge in [0.15, 0.2) is 0 Å². The number of imidazole rings is 1. The molecule has 0 atom stereocenters. The number of hydrogen-bond acceptors (Lipinski definition) is 4. The molecular formula is C15H15N5O. The summed E-state index contributed by atoms with van der Waals surface area (Å²) in [5.74, 6) is -0.124. The van der Waals surface area contributed by atoms with Gasteiger partial charge in [0.05, 0.1) is 18.0 Å². The van der Waals surface area contributed by atoms with Gasteiger partial charge in [-0.1, -0.05) is 0 Å². The van der Waals surface area contributed by atoms with Gasteiger partial charge >= 0.3 is 0 Å². The quantitative estimate of drug-likeness (QED) is 0.792. The number of aryl methyl sites for hydroxylation is 2. The van der Waals surface area contributed by atoms with Gasteiger partial charge in [-0.05, 0) is 26.0 Å². The van der Waals surface area contributed by atoms with Crippen molar-refractivity contribution in [3.8, 4) is 0 Å². The molecule has 0 spiro atoms. The normalized spacial score (nSPS) is 10.8. The summed E-state index contributed by atoms with van der Waals surface area (Å²) < 4.78 is 1.86. The Balaban J connectivity index is 1.77. The predicted molar refractivity (Wildman–Crippen MR) is 77.9 cm³/mol. The fourth-order valence-corrected chi connectivity index (χ4v) is 2.21. The van der Waals surface area contributed by atoms with E-state index in [2.05, 4.69) is 20.3 Å². The highest BCUT2D eigenvalue weighted by Gasteiger charge is 2.09. The van der Waals surface area contributed by atoms with Gasteiger partial charge in [0.25, 0.3) is 5.91 Å². The molecule has 3 aromatic rings. The lowest BCUT2D eigenvalue weighted by Crippen LogP contribution is -2.24. The fourth-order valence-electron chi connectivity index (χ4n) is 2.21. The maximum absolute atomic E-state index is 12.2. The maximum Gasteiger partial charge on any atom is 0.251 e. The second-order valence-corrected chi connectivity index (χ2v) is 4.85. The molecule has 1 amide bonds. The highest BCUT2D eigenvalue weighted by atomic mass is 16.1. The van der Waals surface area contributed by atoms with Crippen LogP contribution in [-0.2, 0) is 6.54 Å². The summed E-state index contributed by atoms with van der Waals surface area (Å²) >= 11 is 0. The van der Waals surface area contributed by atoms with Crippen LogP contribution in [-0.4, -0.2) is 25.3 Å². The molecule has 0 fully saturated rings. The first kappa shape index (κ1) is 13.2. The monoisotopic (exact) mass is 281 g/mol. The summed E-state index contributed by atoms with van der Waals surface area (Å²) in [5.41, 5.74) is 4.22. The van der Waals surface area contributed by atoms with E-state index in [1.54, 1.807) is 18.6 Å². The van der Waals surface area contributed by atoms with Gasteiger partial charge in [-0.25, -0.2) is 15.0 Å². The molecule has 6 heteroatoms. The van der Waals surface area contributed by atoms with Gasteiger partial charge in [-0.15, -0.1) is 0 Å². The van der Waals surface area contributed by atoms with E-state index in [0.717, 1.165) is 22.5 Å². The molecule has 0 radical (unpaired) electrons. The van der Waals surface area contributed by atoms with Crippen molar-refractivity contribution in [1.82, 2.24) is 24.7 Å². The Hall–Kier alpha value is -2.76. The van der Waals surface area contributed by atoms with Crippen molar-refractivity contribution in [1.29, 1.82) is 0 Å². The number of carbonyl (C=O) groups is 1. The van der Waals surface area contributed by atoms with Gasteiger partial charge in [0.1, 0.15) is 6.33 Å². The zero-order valence-electron chi connectivity index (χ0n) is 11.9. The molecule has 0 aliphatic carbocycles. The van der Waals surface area contributed by atoms with Crippen molar-refractivity contribution >= 4 is 11.4 Å². The van der Waals surface area contributed by atoms with Crippen LogP contribution in [0.15, 0.2) is 37.2 Å². The lowest BCUT2D eigenvalue weighted by atomic mass is 10.1. The van der Waals surface area contributed by atoms with Gasteiger partial charge in [0, 0.05) is 35.3 Å². The molecule has 3 rings (SSSR count). The van der Waals surface area contributed by atoms with Crippen LogP contribution in [0.4, 0.5) is 0 Å². The minimum atomic E-state index is -0.124. The van der Waals surface area contributed by atoms with Crippen LogP contribution in [0.1, 0.15) is 27.3 Å². The number of hydrogen-bond donors (Lipinski definition) is 1. The third-order valence-electron chi connectivity index (χ3n) is 3.48. The number of nitrogens with one attached hydrogen (secondary N) is 1. The average Bonchev–Trinajstić information content (AvgIpc) is 2.93. The van der Waals surface area contributed by atoms with Crippen molar-refractivity contribution in [2.45, 2.75) is 20.4 Å². The average molecular weight is 281 g/mol. The van der Waals surface area contributed by atoms with E-state index >= 15 is 0 Å². The van der Waals surface area contributed by atoms with Crippen LogP contribution in [0.25, 0.3) is 5.52 Å². The molecule has 3 aromatic heterocycles. The van der Waals surface area contributed by atoms with Crippen LogP contribution in [0.2, 0.25) is 0 Å². The van der Waals surface area contributed by atoms with Crippen molar-refractivity contribution in [2.24, 2.45) is 0 Å². The van der Waals surface area contributed by atoms with E-state index in [1.165, 1.54) is 6.33 Å². The summed E-state index contributed by atoms with van der Waals surface area (Å²) in [6.45, 7) is 4.24. The van der Waals surface area contributed by atoms with E-state index in [9.17, 15) is 4.79 Å². The second-order valence-electron chi connectivity index (χ2n) is 4.85. The number of fused-ring (bicyclic) bond motifs is 1. The first-order chi connectivity index (χ1) is 10.1. The largest absolute Gasteiger partial charge is 0.348 e. The molecule has 0 saturated heterocycles. The number of carbonyl (C=O) groups excluding carboxylic acids is 1. The molecule has 0 bridgehead atoms. The second kappa shape index (κ2) is 5.32. The van der Waals surface area contributed by atoms with Gasteiger partial charge in [-0.2, -0.15) is 0 Å². The number of rotatable bonds is 3. The Labute approximate surface area is 121 Å². The Kier molecular flexibility index (Phi) is 3.35.